The highest BCUT2D eigenvalue weighted by atomic mass is 19.4. The van der Waals surface area contributed by atoms with Gasteiger partial charge in [0, 0.05) is 0 Å². The van der Waals surface area contributed by atoms with Gasteiger partial charge in [-0.15, -0.1) is 0 Å². The molecule has 0 atom stereocenters. The van der Waals surface area contributed by atoms with Gasteiger partial charge in [0.2, 0.25) is 0 Å². The van der Waals surface area contributed by atoms with E-state index in [1.54, 1.807) is 0 Å². The third kappa shape index (κ3) is 2.01. The first-order valence-electron chi connectivity index (χ1n) is 3.53. The average Bonchev–Trinajstić information content (AvgIpc) is 2.01. The van der Waals surface area contributed by atoms with Crippen molar-refractivity contribution in [2.45, 2.75) is 6.18 Å². The molecule has 0 bridgehead atoms. The number of hydrogen-bond donors (Lipinski definition) is 2. The van der Waals surface area contributed by atoms with E-state index in [1.165, 1.54) is 0 Å². The molecule has 0 aliphatic heterocycles. The first-order valence-corrected chi connectivity index (χ1v) is 3.53. The minimum absolute atomic E-state index is 0.316. The van der Waals surface area contributed by atoms with Crippen LogP contribution in [0.25, 0.3) is 0 Å². The number of alkyl halides is 3. The molecule has 1 aromatic rings. The molecule has 3 N–H and O–H groups in total. The molecule has 0 unspecified atom stereocenters. The van der Waals surface area contributed by atoms with E-state index in [4.69, 9.17) is 11.1 Å². The Bertz CT molecular complexity index is 370. The zero-order chi connectivity index (χ0) is 10.9. The van der Waals surface area contributed by atoms with Crippen molar-refractivity contribution in [3.05, 3.63) is 35.1 Å². The summed E-state index contributed by atoms with van der Waals surface area (Å²) in [5.41, 5.74) is 3.50. The van der Waals surface area contributed by atoms with Crippen molar-refractivity contribution < 1.29 is 17.6 Å². The number of amidine groups is 1. The summed E-state index contributed by atoms with van der Waals surface area (Å²) in [6, 6.07) is 1.83. The molecular formula is C8H6F4N2. The van der Waals surface area contributed by atoms with Crippen molar-refractivity contribution in [2.24, 2.45) is 5.73 Å². The second-order valence-electron chi connectivity index (χ2n) is 2.61. The maximum Gasteiger partial charge on any atom is 0.416 e. The topological polar surface area (TPSA) is 49.9 Å². The Morgan fingerprint density at radius 1 is 1.29 bits per heavy atom. The summed E-state index contributed by atoms with van der Waals surface area (Å²) >= 11 is 0. The highest BCUT2D eigenvalue weighted by molar-refractivity contribution is 5.95. The maximum absolute atomic E-state index is 12.9. The van der Waals surface area contributed by atoms with E-state index in [9.17, 15) is 17.6 Å². The Morgan fingerprint density at radius 2 is 1.86 bits per heavy atom. The smallest absolute Gasteiger partial charge is 0.384 e. The predicted molar refractivity (Wildman–Crippen MR) is 42.4 cm³/mol. The fourth-order valence-electron chi connectivity index (χ4n) is 0.910. The van der Waals surface area contributed by atoms with Crippen LogP contribution >= 0.6 is 0 Å². The van der Waals surface area contributed by atoms with E-state index in [0.717, 1.165) is 6.07 Å². The molecular weight excluding hydrogens is 200 g/mol. The van der Waals surface area contributed by atoms with Gasteiger partial charge in [0.15, 0.2) is 0 Å². The molecule has 14 heavy (non-hydrogen) atoms. The summed E-state index contributed by atoms with van der Waals surface area (Å²) in [5, 5.41) is 6.86. The molecule has 2 nitrogen and oxygen atoms in total. The van der Waals surface area contributed by atoms with Gasteiger partial charge in [-0.3, -0.25) is 5.41 Å². The van der Waals surface area contributed by atoms with E-state index >= 15 is 0 Å². The average molecular weight is 206 g/mol. The number of nitrogens with two attached hydrogens (primary N) is 1. The molecule has 0 saturated carbocycles. The van der Waals surface area contributed by atoms with Crippen molar-refractivity contribution in [1.82, 2.24) is 0 Å². The fraction of sp³-hybridized carbons (Fsp3) is 0.125. The van der Waals surface area contributed by atoms with Crippen LogP contribution in [0.2, 0.25) is 0 Å². The van der Waals surface area contributed by atoms with Gasteiger partial charge in [0.05, 0.1) is 11.1 Å². The van der Waals surface area contributed by atoms with Crippen LogP contribution in [-0.2, 0) is 6.18 Å². The van der Waals surface area contributed by atoms with Crippen LogP contribution in [0.1, 0.15) is 11.1 Å². The zero-order valence-corrected chi connectivity index (χ0v) is 6.82. The number of nitrogens with one attached hydrogen (secondary N) is 1. The van der Waals surface area contributed by atoms with Gasteiger partial charge in [0.25, 0.3) is 0 Å². The lowest BCUT2D eigenvalue weighted by molar-refractivity contribution is -0.137. The molecule has 0 saturated heterocycles. The van der Waals surface area contributed by atoms with Crippen LogP contribution in [0, 0.1) is 11.2 Å². The van der Waals surface area contributed by atoms with Gasteiger partial charge >= 0.3 is 6.18 Å². The number of benzene rings is 1. The zero-order valence-electron chi connectivity index (χ0n) is 6.82. The maximum atomic E-state index is 12.9. The number of halogens is 4. The Labute approximate surface area is 76.8 Å². The third-order valence-electron chi connectivity index (χ3n) is 1.59. The summed E-state index contributed by atoms with van der Waals surface area (Å²) in [4.78, 5) is 0. The number of nitrogen functional groups attached to an aromatic ring is 1. The van der Waals surface area contributed by atoms with Crippen LogP contribution in [0.3, 0.4) is 0 Å². The summed E-state index contributed by atoms with van der Waals surface area (Å²) in [6.07, 6.45) is -4.59. The van der Waals surface area contributed by atoms with Gasteiger partial charge in [0.1, 0.15) is 11.7 Å². The van der Waals surface area contributed by atoms with Gasteiger partial charge in [-0.05, 0) is 18.2 Å². The van der Waals surface area contributed by atoms with E-state index in [-0.39, 0.29) is 5.56 Å². The van der Waals surface area contributed by atoms with Crippen LogP contribution in [0.5, 0.6) is 0 Å². The Balaban J connectivity index is 3.20. The van der Waals surface area contributed by atoms with E-state index in [0.29, 0.717) is 12.1 Å². The second kappa shape index (κ2) is 3.28. The molecule has 0 fully saturated rings. The monoisotopic (exact) mass is 206 g/mol. The molecule has 0 aromatic heterocycles. The molecule has 0 radical (unpaired) electrons. The Hall–Kier alpha value is -1.59. The van der Waals surface area contributed by atoms with Crippen molar-refractivity contribution >= 4 is 5.84 Å². The normalized spacial score (nSPS) is 11.4. The van der Waals surface area contributed by atoms with Crippen LogP contribution in [-0.4, -0.2) is 5.84 Å². The Morgan fingerprint density at radius 3 is 2.21 bits per heavy atom. The standard InChI is InChI=1S/C8H6F4N2/c9-6-3-4(8(10,11)12)1-2-5(6)7(13)14/h1-3H,(H3,13,14). The minimum atomic E-state index is -4.59. The van der Waals surface area contributed by atoms with Gasteiger partial charge in [-0.25, -0.2) is 4.39 Å². The molecule has 0 aliphatic carbocycles. The highest BCUT2D eigenvalue weighted by Crippen LogP contribution is 2.29. The molecule has 0 amide bonds. The number of rotatable bonds is 1. The van der Waals surface area contributed by atoms with Crippen molar-refractivity contribution in [1.29, 1.82) is 5.41 Å². The van der Waals surface area contributed by atoms with Crippen LogP contribution in [0.15, 0.2) is 18.2 Å². The molecule has 1 rings (SSSR count). The molecule has 6 heteroatoms. The minimum Gasteiger partial charge on any atom is -0.384 e. The first kappa shape index (κ1) is 10.5. The largest absolute Gasteiger partial charge is 0.416 e. The van der Waals surface area contributed by atoms with E-state index in [2.05, 4.69) is 0 Å². The van der Waals surface area contributed by atoms with Gasteiger partial charge in [-0.1, -0.05) is 0 Å². The van der Waals surface area contributed by atoms with E-state index in [1.807, 2.05) is 0 Å². The quantitative estimate of drug-likeness (QED) is 0.412. The van der Waals surface area contributed by atoms with Gasteiger partial charge in [-0.2, -0.15) is 13.2 Å². The van der Waals surface area contributed by atoms with Crippen molar-refractivity contribution in [2.75, 3.05) is 0 Å². The molecule has 76 valence electrons. The second-order valence-corrected chi connectivity index (χ2v) is 2.61. The van der Waals surface area contributed by atoms with Crippen LogP contribution < -0.4 is 5.73 Å². The third-order valence-corrected chi connectivity index (χ3v) is 1.59. The molecule has 0 spiro atoms. The van der Waals surface area contributed by atoms with Crippen molar-refractivity contribution in [3.63, 3.8) is 0 Å². The van der Waals surface area contributed by atoms with Gasteiger partial charge < -0.3 is 5.73 Å². The lowest BCUT2D eigenvalue weighted by Crippen LogP contribution is -2.14. The molecule has 0 heterocycles. The Kier molecular flexibility index (Phi) is 2.46. The molecule has 1 aromatic carbocycles. The molecule has 0 aliphatic rings. The van der Waals surface area contributed by atoms with Crippen LogP contribution in [0.4, 0.5) is 17.6 Å². The van der Waals surface area contributed by atoms with Crippen molar-refractivity contribution in [3.8, 4) is 0 Å². The summed E-state index contributed by atoms with van der Waals surface area (Å²) < 4.78 is 49.1. The fourth-order valence-corrected chi connectivity index (χ4v) is 0.910. The predicted octanol–water partition coefficient (Wildman–Crippen LogP) is 2.13. The highest BCUT2D eigenvalue weighted by Gasteiger charge is 2.31. The lowest BCUT2D eigenvalue weighted by Gasteiger charge is -2.07. The first-order chi connectivity index (χ1) is 6.32. The van der Waals surface area contributed by atoms with E-state index < -0.39 is 23.4 Å². The summed E-state index contributed by atoms with van der Waals surface area (Å²) in [7, 11) is 0. The summed E-state index contributed by atoms with van der Waals surface area (Å²) in [5.74, 6) is -1.75. The summed E-state index contributed by atoms with van der Waals surface area (Å²) in [6.45, 7) is 0. The SMILES string of the molecule is N=C(N)c1ccc(C(F)(F)F)cc1F. The lowest BCUT2D eigenvalue weighted by atomic mass is 10.1. The number of hydrogen-bond acceptors (Lipinski definition) is 1.